The second-order valence-corrected chi connectivity index (χ2v) is 3.29. The van der Waals surface area contributed by atoms with Crippen LogP contribution in [-0.4, -0.2) is 11.2 Å². The van der Waals surface area contributed by atoms with E-state index in [-0.39, 0.29) is 11.3 Å². The van der Waals surface area contributed by atoms with E-state index >= 15 is 0 Å². The average molecular weight is 233 g/mol. The maximum atomic E-state index is 10.9. The Kier molecular flexibility index (Phi) is 3.49. The summed E-state index contributed by atoms with van der Waals surface area (Å²) in [5, 5.41) is -0.367. The van der Waals surface area contributed by atoms with Gasteiger partial charge in [0.15, 0.2) is 0 Å². The van der Waals surface area contributed by atoms with Crippen molar-refractivity contribution in [3.63, 3.8) is 0 Å². The summed E-state index contributed by atoms with van der Waals surface area (Å²) in [7, 11) is 0. The number of hydrogen-bond acceptors (Lipinski definition) is 3. The summed E-state index contributed by atoms with van der Waals surface area (Å²) in [6.45, 7) is 1.23. The van der Waals surface area contributed by atoms with Gasteiger partial charge in [-0.3, -0.25) is 9.59 Å². The Labute approximate surface area is 90.6 Å². The summed E-state index contributed by atoms with van der Waals surface area (Å²) in [5.41, 5.74) is 0.0781. The lowest BCUT2D eigenvalue weighted by molar-refractivity contribution is -0.131. The first-order chi connectivity index (χ1) is 6.50. The molecule has 1 rings (SSSR count). The van der Waals surface area contributed by atoms with Gasteiger partial charge in [-0.2, -0.15) is 0 Å². The number of hydrogen-bond donors (Lipinski definition) is 0. The SMILES string of the molecule is CC(=O)Oc1ccc(Cl)cc1C(=O)Cl. The Hall–Kier alpha value is -1.06. The highest BCUT2D eigenvalue weighted by Crippen LogP contribution is 2.24. The van der Waals surface area contributed by atoms with Crippen molar-refractivity contribution in [2.24, 2.45) is 0 Å². The molecule has 3 nitrogen and oxygen atoms in total. The standard InChI is InChI=1S/C9H6Cl2O3/c1-5(12)14-8-3-2-6(10)4-7(8)9(11)13/h2-4H,1H3. The van der Waals surface area contributed by atoms with Gasteiger partial charge in [-0.15, -0.1) is 0 Å². The van der Waals surface area contributed by atoms with E-state index < -0.39 is 11.2 Å². The second-order valence-electron chi connectivity index (χ2n) is 2.51. The molecular formula is C9H6Cl2O3. The highest BCUT2D eigenvalue weighted by atomic mass is 35.5. The predicted molar refractivity (Wildman–Crippen MR) is 52.9 cm³/mol. The van der Waals surface area contributed by atoms with Gasteiger partial charge in [-0.25, -0.2) is 0 Å². The summed E-state index contributed by atoms with van der Waals surface area (Å²) in [6.07, 6.45) is 0. The van der Waals surface area contributed by atoms with Crippen LogP contribution in [0.15, 0.2) is 18.2 Å². The first-order valence-corrected chi connectivity index (χ1v) is 4.44. The van der Waals surface area contributed by atoms with Crippen molar-refractivity contribution in [2.75, 3.05) is 0 Å². The second kappa shape index (κ2) is 4.44. The topological polar surface area (TPSA) is 43.4 Å². The molecule has 0 radical (unpaired) electrons. The Bertz CT molecular complexity index is 388. The molecule has 0 atom stereocenters. The van der Waals surface area contributed by atoms with Gasteiger partial charge < -0.3 is 4.74 Å². The van der Waals surface area contributed by atoms with Gasteiger partial charge in [0.05, 0.1) is 5.56 Å². The molecule has 0 aliphatic rings. The van der Waals surface area contributed by atoms with Crippen LogP contribution >= 0.6 is 23.2 Å². The quantitative estimate of drug-likeness (QED) is 0.448. The van der Waals surface area contributed by atoms with Crippen LogP contribution < -0.4 is 4.74 Å². The Morgan fingerprint density at radius 3 is 2.50 bits per heavy atom. The number of ether oxygens (including phenoxy) is 1. The van der Waals surface area contributed by atoms with Crippen molar-refractivity contribution in [1.29, 1.82) is 0 Å². The molecule has 0 saturated carbocycles. The van der Waals surface area contributed by atoms with Crippen molar-refractivity contribution >= 4 is 34.4 Å². The summed E-state index contributed by atoms with van der Waals surface area (Å²) >= 11 is 10.9. The predicted octanol–water partition coefficient (Wildman–Crippen LogP) is 2.64. The number of benzene rings is 1. The molecule has 0 bridgehead atoms. The van der Waals surface area contributed by atoms with Gasteiger partial charge in [-0.1, -0.05) is 11.6 Å². The molecule has 1 aromatic carbocycles. The van der Waals surface area contributed by atoms with Gasteiger partial charge in [0.25, 0.3) is 5.24 Å². The van der Waals surface area contributed by atoms with E-state index in [1.807, 2.05) is 0 Å². The minimum atomic E-state index is -0.719. The molecule has 14 heavy (non-hydrogen) atoms. The number of rotatable bonds is 2. The molecule has 1 aromatic rings. The molecule has 0 aromatic heterocycles. The van der Waals surface area contributed by atoms with Gasteiger partial charge >= 0.3 is 5.97 Å². The number of esters is 1. The molecule has 0 saturated heterocycles. The van der Waals surface area contributed by atoms with Crippen molar-refractivity contribution < 1.29 is 14.3 Å². The van der Waals surface area contributed by atoms with Crippen LogP contribution in [0.2, 0.25) is 5.02 Å². The third kappa shape index (κ3) is 2.72. The smallest absolute Gasteiger partial charge is 0.308 e. The highest BCUT2D eigenvalue weighted by Gasteiger charge is 2.12. The lowest BCUT2D eigenvalue weighted by atomic mass is 10.2. The minimum absolute atomic E-state index is 0.0781. The molecule has 0 aliphatic heterocycles. The van der Waals surface area contributed by atoms with E-state index in [9.17, 15) is 9.59 Å². The first kappa shape index (κ1) is 11.0. The maximum absolute atomic E-state index is 10.9. The molecule has 5 heteroatoms. The van der Waals surface area contributed by atoms with Crippen LogP contribution in [0, 0.1) is 0 Å². The van der Waals surface area contributed by atoms with Crippen molar-refractivity contribution in [3.8, 4) is 5.75 Å². The zero-order valence-electron chi connectivity index (χ0n) is 7.21. The van der Waals surface area contributed by atoms with Gasteiger partial charge in [0, 0.05) is 11.9 Å². The summed E-state index contributed by atoms with van der Waals surface area (Å²) in [5.74, 6) is -0.409. The number of carbonyl (C=O) groups excluding carboxylic acids is 2. The van der Waals surface area contributed by atoms with Gasteiger partial charge in [0.1, 0.15) is 5.75 Å². The third-order valence-corrected chi connectivity index (χ3v) is 1.85. The third-order valence-electron chi connectivity index (χ3n) is 1.41. The van der Waals surface area contributed by atoms with E-state index in [0.29, 0.717) is 5.02 Å². The number of halogens is 2. The normalized spacial score (nSPS) is 9.64. The zero-order chi connectivity index (χ0) is 10.7. The lowest BCUT2D eigenvalue weighted by Crippen LogP contribution is -2.05. The van der Waals surface area contributed by atoms with Crippen LogP contribution in [0.4, 0.5) is 0 Å². The van der Waals surface area contributed by atoms with Crippen LogP contribution in [0.1, 0.15) is 17.3 Å². The lowest BCUT2D eigenvalue weighted by Gasteiger charge is -2.05. The Morgan fingerprint density at radius 1 is 1.36 bits per heavy atom. The minimum Gasteiger partial charge on any atom is -0.426 e. The zero-order valence-corrected chi connectivity index (χ0v) is 8.72. The molecule has 0 amide bonds. The molecule has 0 aliphatic carbocycles. The molecule has 0 fully saturated rings. The summed E-state index contributed by atoms with van der Waals surface area (Å²) in [4.78, 5) is 21.6. The average Bonchev–Trinajstić information content (AvgIpc) is 2.07. The van der Waals surface area contributed by atoms with E-state index in [1.54, 1.807) is 0 Å². The molecule has 0 spiro atoms. The summed E-state index contributed by atoms with van der Waals surface area (Å²) in [6, 6.07) is 4.26. The summed E-state index contributed by atoms with van der Waals surface area (Å²) < 4.78 is 4.76. The Balaban J connectivity index is 3.14. The molecule has 0 N–H and O–H groups in total. The first-order valence-electron chi connectivity index (χ1n) is 3.68. The fourth-order valence-electron chi connectivity index (χ4n) is 0.900. The Morgan fingerprint density at radius 2 is 2.00 bits per heavy atom. The van der Waals surface area contributed by atoms with E-state index in [4.69, 9.17) is 27.9 Å². The van der Waals surface area contributed by atoms with Crippen LogP contribution in [0.25, 0.3) is 0 Å². The molecule has 0 heterocycles. The largest absolute Gasteiger partial charge is 0.426 e. The van der Waals surface area contributed by atoms with Crippen LogP contribution in [0.5, 0.6) is 5.75 Å². The van der Waals surface area contributed by atoms with Crippen molar-refractivity contribution in [1.82, 2.24) is 0 Å². The van der Waals surface area contributed by atoms with Crippen molar-refractivity contribution in [3.05, 3.63) is 28.8 Å². The molecule has 0 unspecified atom stereocenters. The fourth-order valence-corrected chi connectivity index (χ4v) is 1.22. The van der Waals surface area contributed by atoms with Gasteiger partial charge in [-0.05, 0) is 29.8 Å². The molecular weight excluding hydrogens is 227 g/mol. The highest BCUT2D eigenvalue weighted by molar-refractivity contribution is 6.68. The fraction of sp³-hybridized carbons (Fsp3) is 0.111. The van der Waals surface area contributed by atoms with Crippen LogP contribution in [-0.2, 0) is 4.79 Å². The maximum Gasteiger partial charge on any atom is 0.308 e. The van der Waals surface area contributed by atoms with E-state index in [0.717, 1.165) is 0 Å². The van der Waals surface area contributed by atoms with E-state index in [1.165, 1.54) is 25.1 Å². The van der Waals surface area contributed by atoms with Crippen molar-refractivity contribution in [2.45, 2.75) is 6.92 Å². The number of carbonyl (C=O) groups is 2. The monoisotopic (exact) mass is 232 g/mol. The van der Waals surface area contributed by atoms with Crippen LogP contribution in [0.3, 0.4) is 0 Å². The van der Waals surface area contributed by atoms with Gasteiger partial charge in [0.2, 0.25) is 0 Å². The molecule has 74 valence electrons. The van der Waals surface area contributed by atoms with E-state index in [2.05, 4.69) is 0 Å².